The summed E-state index contributed by atoms with van der Waals surface area (Å²) in [5.74, 6) is 0.542. The van der Waals surface area contributed by atoms with Gasteiger partial charge >= 0.3 is 0 Å². The molecule has 0 aliphatic rings. The SMILES string of the molecule is Cc1c(C)n(-c2cccnc2)c2ncn3nc(CO/N=C\c4ccccc4)nc3c12. The Morgan fingerprint density at radius 2 is 1.93 bits per heavy atom. The zero-order valence-corrected chi connectivity index (χ0v) is 16.6. The van der Waals surface area contributed by atoms with Crippen molar-refractivity contribution in [2.45, 2.75) is 20.5 Å². The van der Waals surface area contributed by atoms with Gasteiger partial charge in [0.15, 0.2) is 23.7 Å². The Balaban J connectivity index is 1.49. The van der Waals surface area contributed by atoms with Crippen LogP contribution in [0.15, 0.2) is 66.3 Å². The van der Waals surface area contributed by atoms with E-state index in [-0.39, 0.29) is 6.61 Å². The normalized spacial score (nSPS) is 11.7. The van der Waals surface area contributed by atoms with Crippen molar-refractivity contribution < 1.29 is 4.84 Å². The van der Waals surface area contributed by atoms with E-state index in [2.05, 4.69) is 43.6 Å². The van der Waals surface area contributed by atoms with Crippen LogP contribution in [0.4, 0.5) is 0 Å². The summed E-state index contributed by atoms with van der Waals surface area (Å²) in [6.45, 7) is 4.31. The van der Waals surface area contributed by atoms with Crippen molar-refractivity contribution in [2.75, 3.05) is 0 Å². The smallest absolute Gasteiger partial charge is 0.192 e. The monoisotopic (exact) mass is 397 g/mol. The summed E-state index contributed by atoms with van der Waals surface area (Å²) >= 11 is 0. The van der Waals surface area contributed by atoms with Crippen molar-refractivity contribution in [3.05, 3.63) is 83.8 Å². The average molecular weight is 397 g/mol. The van der Waals surface area contributed by atoms with Crippen LogP contribution in [0.3, 0.4) is 0 Å². The van der Waals surface area contributed by atoms with Gasteiger partial charge in [-0.2, -0.15) is 0 Å². The summed E-state index contributed by atoms with van der Waals surface area (Å²) in [6, 6.07) is 13.7. The molecular formula is C22H19N7O. The first-order valence-electron chi connectivity index (χ1n) is 9.55. The number of benzene rings is 1. The Bertz CT molecular complexity index is 1350. The molecule has 0 saturated carbocycles. The van der Waals surface area contributed by atoms with Gasteiger partial charge in [0.1, 0.15) is 6.33 Å². The molecule has 0 amide bonds. The van der Waals surface area contributed by atoms with Gasteiger partial charge in [-0.1, -0.05) is 35.5 Å². The highest BCUT2D eigenvalue weighted by atomic mass is 16.6. The van der Waals surface area contributed by atoms with Crippen molar-refractivity contribution in [2.24, 2.45) is 5.16 Å². The van der Waals surface area contributed by atoms with Crippen LogP contribution in [-0.4, -0.2) is 35.3 Å². The minimum atomic E-state index is 0.174. The largest absolute Gasteiger partial charge is 0.387 e. The molecule has 5 rings (SSSR count). The molecule has 0 atom stereocenters. The van der Waals surface area contributed by atoms with Crippen molar-refractivity contribution in [1.29, 1.82) is 0 Å². The molecule has 5 aromatic rings. The molecule has 0 bridgehead atoms. The second kappa shape index (κ2) is 7.40. The predicted octanol–water partition coefficient (Wildman–Crippen LogP) is 3.63. The maximum Gasteiger partial charge on any atom is 0.192 e. The van der Waals surface area contributed by atoms with Crippen molar-refractivity contribution >= 4 is 22.9 Å². The van der Waals surface area contributed by atoms with Gasteiger partial charge in [0.2, 0.25) is 0 Å². The number of hydrogen-bond acceptors (Lipinski definition) is 6. The van der Waals surface area contributed by atoms with E-state index in [9.17, 15) is 0 Å². The summed E-state index contributed by atoms with van der Waals surface area (Å²) < 4.78 is 3.77. The second-order valence-electron chi connectivity index (χ2n) is 6.92. The average Bonchev–Trinajstić information content (AvgIpc) is 3.31. The number of fused-ring (bicyclic) bond motifs is 3. The van der Waals surface area contributed by atoms with E-state index in [1.54, 1.807) is 23.3 Å². The maximum atomic E-state index is 5.39. The number of hydrogen-bond donors (Lipinski definition) is 0. The van der Waals surface area contributed by atoms with Gasteiger partial charge in [0.05, 0.1) is 23.5 Å². The number of aryl methyl sites for hydroxylation is 1. The molecule has 4 aromatic heterocycles. The molecule has 0 aliphatic heterocycles. The van der Waals surface area contributed by atoms with Crippen LogP contribution in [0, 0.1) is 13.8 Å². The standard InChI is InChI=1S/C22H19N7O/c1-15-16(2)29(18-9-6-10-23-12-18)21-20(15)22-26-19(27-28(22)14-24-21)13-30-25-11-17-7-4-3-5-8-17/h3-12,14H,13H2,1-2H3/b25-11-. The molecular weight excluding hydrogens is 378 g/mol. The summed E-state index contributed by atoms with van der Waals surface area (Å²) in [4.78, 5) is 18.9. The topological polar surface area (TPSA) is 82.5 Å². The zero-order chi connectivity index (χ0) is 20.5. The molecule has 4 heterocycles. The van der Waals surface area contributed by atoms with Gasteiger partial charge in [-0.25, -0.2) is 14.5 Å². The minimum Gasteiger partial charge on any atom is -0.387 e. The molecule has 0 N–H and O–H groups in total. The molecule has 30 heavy (non-hydrogen) atoms. The molecule has 0 spiro atoms. The number of nitrogens with zero attached hydrogens (tertiary/aromatic N) is 7. The third kappa shape index (κ3) is 3.08. The van der Waals surface area contributed by atoms with E-state index in [4.69, 9.17) is 4.84 Å². The van der Waals surface area contributed by atoms with Crippen molar-refractivity contribution in [3.63, 3.8) is 0 Å². The molecule has 0 fully saturated rings. The molecule has 8 heteroatoms. The van der Waals surface area contributed by atoms with Gasteiger partial charge in [0.25, 0.3) is 0 Å². The van der Waals surface area contributed by atoms with Crippen LogP contribution >= 0.6 is 0 Å². The van der Waals surface area contributed by atoms with E-state index in [0.717, 1.165) is 39.2 Å². The molecule has 0 radical (unpaired) electrons. The van der Waals surface area contributed by atoms with E-state index in [1.807, 2.05) is 48.7 Å². The van der Waals surface area contributed by atoms with Crippen LogP contribution in [0.1, 0.15) is 22.6 Å². The Morgan fingerprint density at radius 1 is 1.07 bits per heavy atom. The van der Waals surface area contributed by atoms with Gasteiger partial charge in [-0.3, -0.25) is 9.55 Å². The van der Waals surface area contributed by atoms with Crippen LogP contribution in [0.25, 0.3) is 22.4 Å². The van der Waals surface area contributed by atoms with E-state index in [0.29, 0.717) is 5.82 Å². The molecule has 0 saturated heterocycles. The summed E-state index contributed by atoms with van der Waals surface area (Å²) in [5.41, 5.74) is 5.69. The highest BCUT2D eigenvalue weighted by Gasteiger charge is 2.19. The van der Waals surface area contributed by atoms with Crippen LogP contribution in [0.5, 0.6) is 0 Å². The molecule has 8 nitrogen and oxygen atoms in total. The third-order valence-electron chi connectivity index (χ3n) is 5.05. The zero-order valence-electron chi connectivity index (χ0n) is 16.6. The quantitative estimate of drug-likeness (QED) is 0.334. The van der Waals surface area contributed by atoms with Gasteiger partial charge in [0, 0.05) is 11.9 Å². The van der Waals surface area contributed by atoms with Crippen LogP contribution in [0.2, 0.25) is 0 Å². The predicted molar refractivity (Wildman–Crippen MR) is 114 cm³/mol. The van der Waals surface area contributed by atoms with E-state index < -0.39 is 0 Å². The highest BCUT2D eigenvalue weighted by molar-refractivity contribution is 5.94. The summed E-state index contributed by atoms with van der Waals surface area (Å²) in [6.07, 6.45) is 6.92. The third-order valence-corrected chi connectivity index (χ3v) is 5.05. The van der Waals surface area contributed by atoms with Gasteiger partial charge < -0.3 is 4.84 Å². The lowest BCUT2D eigenvalue weighted by atomic mass is 10.2. The number of oxime groups is 1. The molecule has 0 aliphatic carbocycles. The lowest BCUT2D eigenvalue weighted by Gasteiger charge is -2.06. The second-order valence-corrected chi connectivity index (χ2v) is 6.92. The van der Waals surface area contributed by atoms with Crippen LogP contribution in [-0.2, 0) is 11.4 Å². The number of pyridine rings is 1. The van der Waals surface area contributed by atoms with Gasteiger partial charge in [-0.15, -0.1) is 5.10 Å². The fourth-order valence-electron chi connectivity index (χ4n) is 3.50. The lowest BCUT2D eigenvalue weighted by molar-refractivity contribution is 0.126. The van der Waals surface area contributed by atoms with Crippen LogP contribution < -0.4 is 0 Å². The van der Waals surface area contributed by atoms with E-state index in [1.165, 1.54) is 0 Å². The van der Waals surface area contributed by atoms with Crippen molar-refractivity contribution in [1.82, 2.24) is 29.1 Å². The Morgan fingerprint density at radius 3 is 2.73 bits per heavy atom. The van der Waals surface area contributed by atoms with Gasteiger partial charge in [-0.05, 0) is 37.1 Å². The summed E-state index contributed by atoms with van der Waals surface area (Å²) in [7, 11) is 0. The minimum absolute atomic E-state index is 0.174. The molecule has 1 aromatic carbocycles. The fraction of sp³-hybridized carbons (Fsp3) is 0.136. The first-order valence-corrected chi connectivity index (χ1v) is 9.55. The lowest BCUT2D eigenvalue weighted by Crippen LogP contribution is -1.99. The number of aromatic nitrogens is 6. The Kier molecular flexibility index (Phi) is 4.44. The Hall–Kier alpha value is -4.07. The summed E-state index contributed by atoms with van der Waals surface area (Å²) in [5, 5.41) is 9.45. The number of rotatable bonds is 5. The molecule has 0 unspecified atom stereocenters. The molecule has 148 valence electrons. The maximum absolute atomic E-state index is 5.39. The van der Waals surface area contributed by atoms with Crippen molar-refractivity contribution in [3.8, 4) is 5.69 Å². The first kappa shape index (κ1) is 18.0. The Labute approximate surface area is 172 Å². The first-order chi connectivity index (χ1) is 14.7. The fourth-order valence-corrected chi connectivity index (χ4v) is 3.50. The highest BCUT2D eigenvalue weighted by Crippen LogP contribution is 2.29. The van der Waals surface area contributed by atoms with E-state index >= 15 is 0 Å².